The Hall–Kier alpha value is -1.70. The largest absolute Gasteiger partial charge is 0.378 e. The van der Waals surface area contributed by atoms with E-state index in [9.17, 15) is 9.18 Å². The molecule has 120 valence electrons. The zero-order chi connectivity index (χ0) is 15.5. The molecule has 0 radical (unpaired) electrons. The van der Waals surface area contributed by atoms with E-state index >= 15 is 0 Å². The number of rotatable bonds is 4. The van der Waals surface area contributed by atoms with E-state index in [1.807, 2.05) is 11.0 Å². The first kappa shape index (κ1) is 15.2. The van der Waals surface area contributed by atoms with Gasteiger partial charge in [0.15, 0.2) is 12.5 Å². The zero-order valence-electron chi connectivity index (χ0n) is 12.3. The van der Waals surface area contributed by atoms with Gasteiger partial charge in [-0.25, -0.2) is 4.39 Å². The Morgan fingerprint density at radius 3 is 2.77 bits per heavy atom. The van der Waals surface area contributed by atoms with Crippen LogP contribution in [0.2, 0.25) is 0 Å². The van der Waals surface area contributed by atoms with Gasteiger partial charge >= 0.3 is 0 Å². The van der Waals surface area contributed by atoms with Gasteiger partial charge in [-0.3, -0.25) is 4.79 Å². The molecule has 0 aromatic heterocycles. The molecule has 1 unspecified atom stereocenters. The van der Waals surface area contributed by atoms with Crippen molar-refractivity contribution in [2.75, 3.05) is 49.2 Å². The molecule has 6 nitrogen and oxygen atoms in total. The molecule has 3 rings (SSSR count). The van der Waals surface area contributed by atoms with E-state index in [2.05, 4.69) is 0 Å². The minimum atomic E-state index is -0.706. The molecule has 7 heteroatoms. The Kier molecular flexibility index (Phi) is 4.56. The van der Waals surface area contributed by atoms with Crippen molar-refractivity contribution in [1.82, 2.24) is 0 Å². The van der Waals surface area contributed by atoms with Gasteiger partial charge < -0.3 is 25.0 Å². The summed E-state index contributed by atoms with van der Waals surface area (Å²) in [6.45, 7) is 3.37. The highest BCUT2D eigenvalue weighted by atomic mass is 19.1. The fourth-order valence-corrected chi connectivity index (χ4v) is 2.86. The van der Waals surface area contributed by atoms with Crippen LogP contribution in [-0.2, 0) is 14.3 Å². The number of nitrogens with two attached hydrogens (primary N) is 1. The second-order valence-electron chi connectivity index (χ2n) is 5.41. The van der Waals surface area contributed by atoms with Gasteiger partial charge in [-0.2, -0.15) is 0 Å². The standard InChI is InChI=1S/C15H20FN3O3/c16-13-7-11(19-9-12(8-17)22-15(19)10-20)1-2-14(13)18-3-5-21-6-4-18/h1-2,7,10,12,15H,3-6,8-9,17H2/t12-,15?/m1/s1. The lowest BCUT2D eigenvalue weighted by Crippen LogP contribution is -2.37. The monoisotopic (exact) mass is 309 g/mol. The number of carbonyl (C=O) groups is 1. The normalized spacial score (nSPS) is 25.5. The van der Waals surface area contributed by atoms with Crippen molar-refractivity contribution >= 4 is 17.7 Å². The Morgan fingerprint density at radius 2 is 2.14 bits per heavy atom. The Morgan fingerprint density at radius 1 is 1.36 bits per heavy atom. The number of morpholine rings is 1. The fourth-order valence-electron chi connectivity index (χ4n) is 2.86. The van der Waals surface area contributed by atoms with Crippen LogP contribution in [0.1, 0.15) is 0 Å². The molecular weight excluding hydrogens is 289 g/mol. The number of ether oxygens (including phenoxy) is 2. The van der Waals surface area contributed by atoms with Crippen molar-refractivity contribution in [2.45, 2.75) is 12.3 Å². The summed E-state index contributed by atoms with van der Waals surface area (Å²) in [6.07, 6.45) is -0.205. The van der Waals surface area contributed by atoms with Gasteiger partial charge in [0.25, 0.3) is 0 Å². The molecule has 0 saturated carbocycles. The molecule has 1 aromatic rings. The lowest BCUT2D eigenvalue weighted by atomic mass is 10.2. The van der Waals surface area contributed by atoms with Crippen LogP contribution >= 0.6 is 0 Å². The first-order chi connectivity index (χ1) is 10.7. The average Bonchev–Trinajstić information content (AvgIpc) is 2.99. The summed E-state index contributed by atoms with van der Waals surface area (Å²) in [7, 11) is 0. The van der Waals surface area contributed by atoms with Gasteiger partial charge in [-0.1, -0.05) is 0 Å². The number of halogens is 1. The molecule has 1 aromatic carbocycles. The summed E-state index contributed by atoms with van der Waals surface area (Å²) in [6, 6.07) is 5.00. The maximum atomic E-state index is 14.4. The van der Waals surface area contributed by atoms with Crippen molar-refractivity contribution in [2.24, 2.45) is 5.73 Å². The van der Waals surface area contributed by atoms with Crippen LogP contribution in [0.4, 0.5) is 15.8 Å². The predicted octanol–water partition coefficient (Wildman–Crippen LogP) is 0.351. The van der Waals surface area contributed by atoms with Crippen LogP contribution in [0.5, 0.6) is 0 Å². The number of benzene rings is 1. The van der Waals surface area contributed by atoms with Crippen LogP contribution in [0.3, 0.4) is 0 Å². The third-order valence-corrected chi connectivity index (χ3v) is 4.03. The van der Waals surface area contributed by atoms with Gasteiger partial charge in [0.1, 0.15) is 5.82 Å². The maximum absolute atomic E-state index is 14.4. The van der Waals surface area contributed by atoms with E-state index in [0.29, 0.717) is 57.1 Å². The number of carbonyl (C=O) groups excluding carboxylic acids is 1. The van der Waals surface area contributed by atoms with Gasteiger partial charge in [-0.15, -0.1) is 0 Å². The minimum Gasteiger partial charge on any atom is -0.378 e. The molecular formula is C15H20FN3O3. The molecule has 0 bridgehead atoms. The van der Waals surface area contributed by atoms with E-state index in [-0.39, 0.29) is 11.9 Å². The fraction of sp³-hybridized carbons (Fsp3) is 0.533. The molecule has 2 aliphatic rings. The molecule has 0 amide bonds. The summed E-state index contributed by atoms with van der Waals surface area (Å²) in [4.78, 5) is 14.8. The molecule has 2 aliphatic heterocycles. The van der Waals surface area contributed by atoms with Crippen LogP contribution in [0.25, 0.3) is 0 Å². The van der Waals surface area contributed by atoms with E-state index in [0.717, 1.165) is 0 Å². The number of anilines is 2. The third kappa shape index (κ3) is 2.92. The molecule has 2 N–H and O–H groups in total. The molecule has 2 heterocycles. The van der Waals surface area contributed by atoms with Gasteiger partial charge in [0, 0.05) is 31.9 Å². The molecule has 2 saturated heterocycles. The van der Waals surface area contributed by atoms with Crippen molar-refractivity contribution in [3.8, 4) is 0 Å². The van der Waals surface area contributed by atoms with Gasteiger partial charge in [0.2, 0.25) is 0 Å². The average molecular weight is 309 g/mol. The van der Waals surface area contributed by atoms with E-state index < -0.39 is 6.23 Å². The number of hydrogen-bond acceptors (Lipinski definition) is 6. The third-order valence-electron chi connectivity index (χ3n) is 4.03. The molecule has 22 heavy (non-hydrogen) atoms. The Bertz CT molecular complexity index is 537. The summed E-state index contributed by atoms with van der Waals surface area (Å²) >= 11 is 0. The second kappa shape index (κ2) is 6.60. The van der Waals surface area contributed by atoms with Crippen LogP contribution in [-0.4, -0.2) is 58.0 Å². The van der Waals surface area contributed by atoms with Crippen LogP contribution in [0.15, 0.2) is 18.2 Å². The number of aldehydes is 1. The molecule has 0 aliphatic carbocycles. The quantitative estimate of drug-likeness (QED) is 0.810. The first-order valence-electron chi connectivity index (χ1n) is 7.42. The zero-order valence-corrected chi connectivity index (χ0v) is 12.3. The SMILES string of the molecule is NC[C@@H]1CN(c2ccc(N3CCOCC3)c(F)c2)C(C=O)O1. The van der Waals surface area contributed by atoms with E-state index in [4.69, 9.17) is 15.2 Å². The molecule has 2 atom stereocenters. The lowest BCUT2D eigenvalue weighted by molar-refractivity contribution is -0.117. The lowest BCUT2D eigenvalue weighted by Gasteiger charge is -2.30. The Labute approximate surface area is 128 Å². The number of nitrogens with zero attached hydrogens (tertiary/aromatic N) is 2. The van der Waals surface area contributed by atoms with Crippen molar-refractivity contribution < 1.29 is 18.7 Å². The summed E-state index contributed by atoms with van der Waals surface area (Å²) in [5.74, 6) is -0.305. The topological polar surface area (TPSA) is 68.0 Å². The highest BCUT2D eigenvalue weighted by Crippen LogP contribution is 2.29. The van der Waals surface area contributed by atoms with Crippen molar-refractivity contribution in [3.63, 3.8) is 0 Å². The molecule has 2 fully saturated rings. The summed E-state index contributed by atoms with van der Waals surface area (Å²) in [5, 5.41) is 0. The van der Waals surface area contributed by atoms with E-state index in [1.54, 1.807) is 11.0 Å². The van der Waals surface area contributed by atoms with Gasteiger partial charge in [-0.05, 0) is 18.2 Å². The highest BCUT2D eigenvalue weighted by Gasteiger charge is 2.32. The Balaban J connectivity index is 1.80. The first-order valence-corrected chi connectivity index (χ1v) is 7.42. The minimum absolute atomic E-state index is 0.211. The van der Waals surface area contributed by atoms with Crippen molar-refractivity contribution in [1.29, 1.82) is 0 Å². The number of hydrogen-bond donors (Lipinski definition) is 1. The maximum Gasteiger partial charge on any atom is 0.187 e. The van der Waals surface area contributed by atoms with E-state index in [1.165, 1.54) is 6.07 Å². The van der Waals surface area contributed by atoms with Gasteiger partial charge in [0.05, 0.1) is 25.0 Å². The second-order valence-corrected chi connectivity index (χ2v) is 5.41. The smallest absolute Gasteiger partial charge is 0.187 e. The summed E-state index contributed by atoms with van der Waals surface area (Å²) < 4.78 is 25.2. The van der Waals surface area contributed by atoms with Crippen molar-refractivity contribution in [3.05, 3.63) is 24.0 Å². The molecule has 0 spiro atoms. The highest BCUT2D eigenvalue weighted by molar-refractivity contribution is 5.67. The van der Waals surface area contributed by atoms with Crippen LogP contribution in [0, 0.1) is 5.82 Å². The predicted molar refractivity (Wildman–Crippen MR) is 80.6 cm³/mol. The van der Waals surface area contributed by atoms with Crippen LogP contribution < -0.4 is 15.5 Å². The summed E-state index contributed by atoms with van der Waals surface area (Å²) in [5.41, 5.74) is 6.77.